The van der Waals surface area contributed by atoms with E-state index in [4.69, 9.17) is 14.9 Å². The lowest BCUT2D eigenvalue weighted by Crippen LogP contribution is -2.33. The standard InChI is InChI=1S/C11H23NO4/c1-16-9-7-12(10-11(14)15)6-4-2-3-5-8-13/h13H,2-10H2,1H3,(H,14,15). The van der Waals surface area contributed by atoms with Crippen molar-refractivity contribution in [2.45, 2.75) is 25.7 Å². The Hall–Kier alpha value is -0.650. The molecule has 0 saturated carbocycles. The number of unbranched alkanes of at least 4 members (excludes halogenated alkanes) is 3. The maximum absolute atomic E-state index is 10.6. The number of carboxylic acid groups (broad SMARTS) is 1. The highest BCUT2D eigenvalue weighted by Gasteiger charge is 2.08. The molecule has 2 N–H and O–H groups in total. The average Bonchev–Trinajstić information content (AvgIpc) is 2.24. The summed E-state index contributed by atoms with van der Waals surface area (Å²) in [6.07, 6.45) is 3.83. The van der Waals surface area contributed by atoms with Crippen molar-refractivity contribution in [1.82, 2.24) is 4.90 Å². The second-order valence-corrected chi connectivity index (χ2v) is 3.80. The molecular formula is C11H23NO4. The molecule has 0 aliphatic rings. The van der Waals surface area contributed by atoms with E-state index < -0.39 is 5.97 Å². The lowest BCUT2D eigenvalue weighted by molar-refractivity contribution is -0.138. The molecule has 0 fully saturated rings. The van der Waals surface area contributed by atoms with Crippen molar-refractivity contribution in [3.8, 4) is 0 Å². The lowest BCUT2D eigenvalue weighted by atomic mass is 10.2. The summed E-state index contributed by atoms with van der Waals surface area (Å²) in [6, 6.07) is 0. The molecule has 0 rings (SSSR count). The van der Waals surface area contributed by atoms with Gasteiger partial charge in [0.15, 0.2) is 0 Å². The Balaban J connectivity index is 3.60. The molecule has 0 aromatic carbocycles. The Bertz CT molecular complexity index is 175. The Labute approximate surface area is 97.0 Å². The van der Waals surface area contributed by atoms with Gasteiger partial charge in [0.05, 0.1) is 13.2 Å². The van der Waals surface area contributed by atoms with Gasteiger partial charge in [0.1, 0.15) is 0 Å². The largest absolute Gasteiger partial charge is 0.480 e. The normalized spacial score (nSPS) is 10.9. The summed E-state index contributed by atoms with van der Waals surface area (Å²) in [5.74, 6) is -0.800. The molecule has 0 radical (unpaired) electrons. The molecular weight excluding hydrogens is 210 g/mol. The van der Waals surface area contributed by atoms with Crippen LogP contribution in [0, 0.1) is 0 Å². The van der Waals surface area contributed by atoms with Gasteiger partial charge in [0.25, 0.3) is 0 Å². The number of methoxy groups -OCH3 is 1. The molecule has 16 heavy (non-hydrogen) atoms. The van der Waals surface area contributed by atoms with E-state index in [2.05, 4.69) is 0 Å². The van der Waals surface area contributed by atoms with Crippen LogP contribution < -0.4 is 0 Å². The Kier molecular flexibility index (Phi) is 10.4. The van der Waals surface area contributed by atoms with Crippen LogP contribution in [0.1, 0.15) is 25.7 Å². The predicted octanol–water partition coefficient (Wildman–Crippen LogP) is 0.572. The fourth-order valence-electron chi connectivity index (χ4n) is 1.48. The minimum Gasteiger partial charge on any atom is -0.480 e. The zero-order valence-corrected chi connectivity index (χ0v) is 10.0. The highest BCUT2D eigenvalue weighted by Crippen LogP contribution is 2.01. The monoisotopic (exact) mass is 233 g/mol. The van der Waals surface area contributed by atoms with Crippen molar-refractivity contribution in [3.63, 3.8) is 0 Å². The average molecular weight is 233 g/mol. The maximum Gasteiger partial charge on any atom is 0.317 e. The number of aliphatic hydroxyl groups is 1. The number of hydrogen-bond acceptors (Lipinski definition) is 4. The molecule has 0 aromatic rings. The van der Waals surface area contributed by atoms with E-state index >= 15 is 0 Å². The Morgan fingerprint density at radius 1 is 1.19 bits per heavy atom. The summed E-state index contributed by atoms with van der Waals surface area (Å²) in [5, 5.41) is 17.3. The van der Waals surface area contributed by atoms with Gasteiger partial charge in [0, 0.05) is 20.3 Å². The van der Waals surface area contributed by atoms with Crippen LogP contribution in [0.5, 0.6) is 0 Å². The molecule has 0 bridgehead atoms. The van der Waals surface area contributed by atoms with Crippen molar-refractivity contribution in [3.05, 3.63) is 0 Å². The zero-order chi connectivity index (χ0) is 12.2. The van der Waals surface area contributed by atoms with Gasteiger partial charge in [-0.25, -0.2) is 0 Å². The molecule has 0 atom stereocenters. The molecule has 0 heterocycles. The van der Waals surface area contributed by atoms with Crippen LogP contribution in [-0.2, 0) is 9.53 Å². The van der Waals surface area contributed by atoms with Crippen LogP contribution in [0.15, 0.2) is 0 Å². The zero-order valence-electron chi connectivity index (χ0n) is 10.0. The van der Waals surface area contributed by atoms with Crippen LogP contribution in [0.3, 0.4) is 0 Å². The number of carbonyl (C=O) groups is 1. The predicted molar refractivity (Wildman–Crippen MR) is 61.5 cm³/mol. The van der Waals surface area contributed by atoms with Crippen molar-refractivity contribution >= 4 is 5.97 Å². The van der Waals surface area contributed by atoms with Crippen molar-refractivity contribution < 1.29 is 19.7 Å². The van der Waals surface area contributed by atoms with Crippen LogP contribution in [0.2, 0.25) is 0 Å². The van der Waals surface area contributed by atoms with Gasteiger partial charge in [-0.1, -0.05) is 12.8 Å². The summed E-state index contributed by atoms with van der Waals surface area (Å²) in [4.78, 5) is 12.5. The quantitative estimate of drug-likeness (QED) is 0.511. The number of hydrogen-bond donors (Lipinski definition) is 2. The summed E-state index contributed by atoms with van der Waals surface area (Å²) < 4.78 is 4.93. The first-order valence-electron chi connectivity index (χ1n) is 5.74. The van der Waals surface area contributed by atoms with E-state index in [0.717, 1.165) is 32.2 Å². The lowest BCUT2D eigenvalue weighted by Gasteiger charge is -2.19. The topological polar surface area (TPSA) is 70.0 Å². The van der Waals surface area contributed by atoms with E-state index in [9.17, 15) is 4.79 Å². The van der Waals surface area contributed by atoms with Gasteiger partial charge >= 0.3 is 5.97 Å². The first kappa shape index (κ1) is 15.3. The first-order chi connectivity index (χ1) is 7.70. The molecule has 0 saturated heterocycles. The van der Waals surface area contributed by atoms with Crippen LogP contribution >= 0.6 is 0 Å². The smallest absolute Gasteiger partial charge is 0.317 e. The molecule has 5 heteroatoms. The SMILES string of the molecule is COCCN(CCCCCCO)CC(=O)O. The van der Waals surface area contributed by atoms with E-state index in [0.29, 0.717) is 13.2 Å². The highest BCUT2D eigenvalue weighted by molar-refractivity contribution is 5.69. The molecule has 0 unspecified atom stereocenters. The summed E-state index contributed by atoms with van der Waals surface area (Å²) in [5.41, 5.74) is 0. The first-order valence-corrected chi connectivity index (χ1v) is 5.74. The molecule has 0 aliphatic carbocycles. The molecule has 0 aromatic heterocycles. The maximum atomic E-state index is 10.6. The van der Waals surface area contributed by atoms with Gasteiger partial charge in [-0.15, -0.1) is 0 Å². The summed E-state index contributed by atoms with van der Waals surface area (Å²) >= 11 is 0. The van der Waals surface area contributed by atoms with Gasteiger partial charge in [-0.3, -0.25) is 9.69 Å². The third-order valence-corrected chi connectivity index (χ3v) is 2.35. The molecule has 96 valence electrons. The minimum atomic E-state index is -0.800. The van der Waals surface area contributed by atoms with E-state index in [1.54, 1.807) is 7.11 Å². The second-order valence-electron chi connectivity index (χ2n) is 3.80. The van der Waals surface area contributed by atoms with E-state index in [1.165, 1.54) is 0 Å². The van der Waals surface area contributed by atoms with Gasteiger partial charge in [-0.05, 0) is 19.4 Å². The van der Waals surface area contributed by atoms with Crippen LogP contribution in [0.4, 0.5) is 0 Å². The Morgan fingerprint density at radius 2 is 1.88 bits per heavy atom. The molecule has 0 aliphatic heterocycles. The number of rotatable bonds is 11. The van der Waals surface area contributed by atoms with E-state index in [1.807, 2.05) is 4.90 Å². The number of nitrogens with zero attached hydrogens (tertiary/aromatic N) is 1. The fraction of sp³-hybridized carbons (Fsp3) is 0.909. The number of ether oxygens (including phenoxy) is 1. The van der Waals surface area contributed by atoms with Gasteiger partial charge in [-0.2, -0.15) is 0 Å². The van der Waals surface area contributed by atoms with Crippen molar-refractivity contribution in [2.24, 2.45) is 0 Å². The molecule has 0 spiro atoms. The minimum absolute atomic E-state index is 0.0728. The Morgan fingerprint density at radius 3 is 2.44 bits per heavy atom. The fourth-order valence-corrected chi connectivity index (χ4v) is 1.48. The summed E-state index contributed by atoms with van der Waals surface area (Å²) in [7, 11) is 1.61. The van der Waals surface area contributed by atoms with Gasteiger partial charge < -0.3 is 14.9 Å². The number of aliphatic carboxylic acids is 1. The second kappa shape index (κ2) is 10.9. The number of carboxylic acids is 1. The van der Waals surface area contributed by atoms with Crippen molar-refractivity contribution in [2.75, 3.05) is 40.0 Å². The summed E-state index contributed by atoms with van der Waals surface area (Å²) in [6.45, 7) is 2.31. The molecule has 0 amide bonds. The highest BCUT2D eigenvalue weighted by atomic mass is 16.5. The van der Waals surface area contributed by atoms with E-state index in [-0.39, 0.29) is 13.2 Å². The third-order valence-electron chi connectivity index (χ3n) is 2.35. The number of aliphatic hydroxyl groups excluding tert-OH is 1. The van der Waals surface area contributed by atoms with Crippen molar-refractivity contribution in [1.29, 1.82) is 0 Å². The van der Waals surface area contributed by atoms with Crippen LogP contribution in [-0.4, -0.2) is 61.0 Å². The molecule has 5 nitrogen and oxygen atoms in total. The third kappa shape index (κ3) is 9.89. The van der Waals surface area contributed by atoms with Gasteiger partial charge in [0.2, 0.25) is 0 Å². The van der Waals surface area contributed by atoms with Crippen LogP contribution in [0.25, 0.3) is 0 Å².